The maximum Gasteiger partial charge on any atom is 0.224 e. The molecule has 132 valence electrons. The molecule has 2 aliphatic heterocycles. The molecule has 2 aliphatic rings. The lowest BCUT2D eigenvalue weighted by Gasteiger charge is -2.37. The van der Waals surface area contributed by atoms with Crippen LogP contribution in [0.4, 0.5) is 5.82 Å². The Morgan fingerprint density at radius 2 is 1.96 bits per heavy atom. The summed E-state index contributed by atoms with van der Waals surface area (Å²) >= 11 is 6.21. The van der Waals surface area contributed by atoms with Crippen LogP contribution in [0.15, 0.2) is 18.3 Å². The van der Waals surface area contributed by atoms with Gasteiger partial charge in [-0.2, -0.15) is 0 Å². The first-order valence-electron chi connectivity index (χ1n) is 8.60. The Morgan fingerprint density at radius 3 is 2.62 bits per heavy atom. The van der Waals surface area contributed by atoms with Crippen LogP contribution in [0.5, 0.6) is 0 Å². The van der Waals surface area contributed by atoms with Gasteiger partial charge in [0.25, 0.3) is 0 Å². The number of rotatable bonds is 4. The van der Waals surface area contributed by atoms with E-state index in [0.29, 0.717) is 11.4 Å². The Labute approximate surface area is 148 Å². The van der Waals surface area contributed by atoms with Gasteiger partial charge in [-0.3, -0.25) is 9.69 Å². The van der Waals surface area contributed by atoms with Gasteiger partial charge in [-0.25, -0.2) is 4.98 Å². The summed E-state index contributed by atoms with van der Waals surface area (Å²) in [4.78, 5) is 23.4. The molecule has 0 radical (unpaired) electrons. The van der Waals surface area contributed by atoms with Gasteiger partial charge < -0.3 is 14.5 Å². The normalized spacial score (nSPS) is 20.9. The highest BCUT2D eigenvalue weighted by Crippen LogP contribution is 2.23. The van der Waals surface area contributed by atoms with Gasteiger partial charge in [0.2, 0.25) is 5.91 Å². The Hall–Kier alpha value is -1.37. The molecule has 1 atom stereocenters. The number of nitrogens with zero attached hydrogens (tertiary/aromatic N) is 4. The van der Waals surface area contributed by atoms with Crippen molar-refractivity contribution in [1.29, 1.82) is 0 Å². The zero-order chi connectivity index (χ0) is 16.9. The van der Waals surface area contributed by atoms with Crippen LogP contribution in [0, 0.1) is 0 Å². The van der Waals surface area contributed by atoms with E-state index in [1.54, 1.807) is 6.20 Å². The summed E-state index contributed by atoms with van der Waals surface area (Å²) in [5, 5.41) is 0.665. The number of hydrogen-bond acceptors (Lipinski definition) is 5. The number of carbonyl (C=O) groups is 1. The molecule has 0 N–H and O–H groups in total. The molecule has 3 heterocycles. The minimum absolute atomic E-state index is 0.237. The van der Waals surface area contributed by atoms with Crippen LogP contribution in [0.2, 0.25) is 5.02 Å². The van der Waals surface area contributed by atoms with Crippen LogP contribution in [0.25, 0.3) is 0 Å². The number of morpholine rings is 1. The number of amides is 1. The molecule has 3 rings (SSSR count). The number of halogens is 1. The molecule has 1 amide bonds. The quantitative estimate of drug-likeness (QED) is 0.821. The molecule has 0 bridgehead atoms. The lowest BCUT2D eigenvalue weighted by Crippen LogP contribution is -2.51. The second kappa shape index (κ2) is 8.14. The monoisotopic (exact) mass is 352 g/mol. The van der Waals surface area contributed by atoms with Crippen molar-refractivity contribution in [2.75, 3.05) is 57.4 Å². The van der Waals surface area contributed by atoms with Crippen LogP contribution in [0.3, 0.4) is 0 Å². The van der Waals surface area contributed by atoms with Crippen molar-refractivity contribution in [1.82, 2.24) is 14.8 Å². The fraction of sp³-hybridized carbons (Fsp3) is 0.647. The lowest BCUT2D eigenvalue weighted by atomic mass is 10.1. The van der Waals surface area contributed by atoms with Gasteiger partial charge in [0.05, 0.1) is 18.2 Å². The van der Waals surface area contributed by atoms with Crippen molar-refractivity contribution in [2.24, 2.45) is 0 Å². The molecule has 24 heavy (non-hydrogen) atoms. The second-order valence-corrected chi connectivity index (χ2v) is 6.79. The molecule has 2 saturated heterocycles. The van der Waals surface area contributed by atoms with Crippen molar-refractivity contribution < 1.29 is 9.53 Å². The van der Waals surface area contributed by atoms with Gasteiger partial charge in [-0.1, -0.05) is 11.6 Å². The Balaban J connectivity index is 1.49. The van der Waals surface area contributed by atoms with E-state index in [4.69, 9.17) is 16.3 Å². The zero-order valence-electron chi connectivity index (χ0n) is 14.2. The van der Waals surface area contributed by atoms with E-state index in [9.17, 15) is 4.79 Å². The molecule has 7 heteroatoms. The molecule has 1 aromatic rings. The van der Waals surface area contributed by atoms with Crippen LogP contribution in [-0.4, -0.2) is 79.2 Å². The minimum Gasteiger partial charge on any atom is -0.379 e. The van der Waals surface area contributed by atoms with Crippen LogP contribution in [-0.2, 0) is 9.53 Å². The van der Waals surface area contributed by atoms with Gasteiger partial charge in [-0.15, -0.1) is 0 Å². The molecular formula is C17H25ClN4O2. The van der Waals surface area contributed by atoms with E-state index in [0.717, 1.165) is 58.3 Å². The topological polar surface area (TPSA) is 48.9 Å². The summed E-state index contributed by atoms with van der Waals surface area (Å²) < 4.78 is 5.38. The summed E-state index contributed by atoms with van der Waals surface area (Å²) in [6, 6.07) is 3.95. The molecular weight excluding hydrogens is 328 g/mol. The molecule has 0 spiro atoms. The van der Waals surface area contributed by atoms with Gasteiger partial charge in [0.15, 0.2) is 0 Å². The average Bonchev–Trinajstić information content (AvgIpc) is 2.63. The maximum atomic E-state index is 12.6. The van der Waals surface area contributed by atoms with Crippen LogP contribution >= 0.6 is 11.6 Å². The van der Waals surface area contributed by atoms with Gasteiger partial charge in [0, 0.05) is 57.9 Å². The highest BCUT2D eigenvalue weighted by atomic mass is 35.5. The number of hydrogen-bond donors (Lipinski definition) is 0. The van der Waals surface area contributed by atoms with E-state index in [2.05, 4.69) is 21.7 Å². The summed E-state index contributed by atoms with van der Waals surface area (Å²) in [5.74, 6) is 1.05. The molecule has 1 unspecified atom stereocenters. The first kappa shape index (κ1) is 17.5. The van der Waals surface area contributed by atoms with Crippen molar-refractivity contribution >= 4 is 23.3 Å². The Bertz CT molecular complexity index is 557. The van der Waals surface area contributed by atoms with Gasteiger partial charge >= 0.3 is 0 Å². The predicted molar refractivity (Wildman–Crippen MR) is 94.5 cm³/mol. The molecule has 0 saturated carbocycles. The van der Waals surface area contributed by atoms with Crippen molar-refractivity contribution in [3.05, 3.63) is 23.4 Å². The number of piperazine rings is 1. The average molecular weight is 353 g/mol. The lowest BCUT2D eigenvalue weighted by molar-refractivity contribution is -0.133. The maximum absolute atomic E-state index is 12.6. The summed E-state index contributed by atoms with van der Waals surface area (Å²) in [5.41, 5.74) is 0. The smallest absolute Gasteiger partial charge is 0.224 e. The van der Waals surface area contributed by atoms with Crippen molar-refractivity contribution in [3.8, 4) is 0 Å². The van der Waals surface area contributed by atoms with E-state index in [1.807, 2.05) is 17.0 Å². The standard InChI is InChI=1S/C17H25ClN4O2/c1-14(20-9-11-24-12-10-20)13-16(23)21-5-7-22(8-6-21)17-15(18)3-2-4-19-17/h2-4,14H,5-13H2,1H3. The largest absolute Gasteiger partial charge is 0.379 e. The van der Waals surface area contributed by atoms with Gasteiger partial charge in [-0.05, 0) is 19.1 Å². The molecule has 0 aliphatic carbocycles. The highest BCUT2D eigenvalue weighted by molar-refractivity contribution is 6.32. The van der Waals surface area contributed by atoms with E-state index >= 15 is 0 Å². The van der Waals surface area contributed by atoms with Crippen LogP contribution < -0.4 is 4.90 Å². The summed E-state index contributed by atoms with van der Waals surface area (Å²) in [6.07, 6.45) is 2.33. The summed E-state index contributed by atoms with van der Waals surface area (Å²) in [6.45, 7) is 8.49. The summed E-state index contributed by atoms with van der Waals surface area (Å²) in [7, 11) is 0. The molecule has 0 aromatic carbocycles. The Morgan fingerprint density at radius 1 is 1.25 bits per heavy atom. The third kappa shape index (κ3) is 4.18. The molecule has 1 aromatic heterocycles. The third-order valence-corrected chi connectivity index (χ3v) is 5.11. The molecule has 6 nitrogen and oxygen atoms in total. The number of ether oxygens (including phenoxy) is 1. The first-order valence-corrected chi connectivity index (χ1v) is 8.98. The number of pyridine rings is 1. The van der Waals surface area contributed by atoms with Gasteiger partial charge in [0.1, 0.15) is 5.82 Å². The number of carbonyl (C=O) groups excluding carboxylic acids is 1. The Kier molecular flexibility index (Phi) is 5.92. The van der Waals surface area contributed by atoms with Crippen LogP contribution in [0.1, 0.15) is 13.3 Å². The third-order valence-electron chi connectivity index (χ3n) is 4.81. The fourth-order valence-corrected chi connectivity index (χ4v) is 3.55. The van der Waals surface area contributed by atoms with E-state index < -0.39 is 0 Å². The first-order chi connectivity index (χ1) is 11.6. The number of anilines is 1. The van der Waals surface area contributed by atoms with E-state index in [-0.39, 0.29) is 11.9 Å². The van der Waals surface area contributed by atoms with Crippen molar-refractivity contribution in [2.45, 2.75) is 19.4 Å². The molecule has 2 fully saturated rings. The SMILES string of the molecule is CC(CC(=O)N1CCN(c2ncccc2Cl)CC1)N1CCOCC1. The van der Waals surface area contributed by atoms with Crippen molar-refractivity contribution in [3.63, 3.8) is 0 Å². The second-order valence-electron chi connectivity index (χ2n) is 6.38. The van der Waals surface area contributed by atoms with E-state index in [1.165, 1.54) is 0 Å². The zero-order valence-corrected chi connectivity index (χ0v) is 14.9. The minimum atomic E-state index is 0.237. The predicted octanol–water partition coefficient (Wildman–Crippen LogP) is 1.49. The number of aromatic nitrogens is 1. The highest BCUT2D eigenvalue weighted by Gasteiger charge is 2.26. The fourth-order valence-electron chi connectivity index (χ4n) is 3.31.